The standard InChI is InChI=1S/C25H24FN5O5/c1-12-6-16(26)19(9-21(12)34)28-18-4-5-27-23-22(18)24(35)30-20-7-13(2-3-17(20)29-23)25(36)31-10-15(33)8-14(31)11-32/h2-7,9,14-15,32-34H,8,10-11H2,1H3,(H,30,35)(H2,27,28,29)/t14-,15+/m0/s1. The molecule has 5 rings (SSSR count). The maximum absolute atomic E-state index is 14.5. The molecule has 36 heavy (non-hydrogen) atoms. The Hall–Kier alpha value is -4.22. The minimum Gasteiger partial charge on any atom is -0.508 e. The van der Waals surface area contributed by atoms with E-state index in [0.717, 1.165) is 0 Å². The van der Waals surface area contributed by atoms with E-state index < -0.39 is 23.9 Å². The molecule has 0 unspecified atom stereocenters. The van der Waals surface area contributed by atoms with Crippen molar-refractivity contribution in [1.82, 2.24) is 9.88 Å². The summed E-state index contributed by atoms with van der Waals surface area (Å²) in [5.74, 6) is -1.40. The molecule has 11 heteroatoms. The van der Waals surface area contributed by atoms with Crippen molar-refractivity contribution in [1.29, 1.82) is 0 Å². The number of nitrogens with one attached hydrogen (secondary N) is 3. The number of phenols is 1. The van der Waals surface area contributed by atoms with Crippen LogP contribution in [0.2, 0.25) is 0 Å². The number of carbonyl (C=O) groups excluding carboxylic acids is 2. The Bertz CT molecular complexity index is 1380. The van der Waals surface area contributed by atoms with Gasteiger partial charge in [0.2, 0.25) is 0 Å². The van der Waals surface area contributed by atoms with Crippen molar-refractivity contribution < 1.29 is 29.3 Å². The van der Waals surface area contributed by atoms with Crippen molar-refractivity contribution in [3.05, 3.63) is 65.1 Å². The van der Waals surface area contributed by atoms with Gasteiger partial charge in [-0.2, -0.15) is 0 Å². The number of fused-ring (bicyclic) bond motifs is 2. The molecule has 2 aliphatic heterocycles. The predicted molar refractivity (Wildman–Crippen MR) is 131 cm³/mol. The number of hydrogen-bond donors (Lipinski definition) is 6. The number of hydrogen-bond acceptors (Lipinski definition) is 8. The number of nitrogens with zero attached hydrogens (tertiary/aromatic N) is 2. The molecule has 0 spiro atoms. The van der Waals surface area contributed by atoms with Crippen molar-refractivity contribution >= 4 is 40.4 Å². The highest BCUT2D eigenvalue weighted by molar-refractivity contribution is 6.15. The van der Waals surface area contributed by atoms with Gasteiger partial charge in [-0.05, 0) is 49.2 Å². The zero-order chi connectivity index (χ0) is 25.6. The number of carbonyl (C=O) groups is 2. The summed E-state index contributed by atoms with van der Waals surface area (Å²) in [6.45, 7) is 1.42. The van der Waals surface area contributed by atoms with E-state index in [1.807, 2.05) is 0 Å². The van der Waals surface area contributed by atoms with Crippen molar-refractivity contribution in [2.45, 2.75) is 25.5 Å². The fraction of sp³-hybridized carbons (Fsp3) is 0.240. The summed E-state index contributed by atoms with van der Waals surface area (Å²) in [5, 5.41) is 38.2. The van der Waals surface area contributed by atoms with Gasteiger partial charge >= 0.3 is 0 Å². The molecule has 6 N–H and O–H groups in total. The van der Waals surface area contributed by atoms with Crippen LogP contribution in [0.15, 0.2) is 42.6 Å². The number of phenolic OH excluding ortho intramolecular Hbond substituents is 1. The molecule has 1 fully saturated rings. The van der Waals surface area contributed by atoms with Crippen LogP contribution in [0.3, 0.4) is 0 Å². The third kappa shape index (κ3) is 4.18. The number of halogens is 1. The van der Waals surface area contributed by atoms with Gasteiger partial charge in [0, 0.05) is 24.4 Å². The average molecular weight is 493 g/mol. The Balaban J connectivity index is 1.45. The van der Waals surface area contributed by atoms with E-state index in [4.69, 9.17) is 0 Å². The summed E-state index contributed by atoms with van der Waals surface area (Å²) in [5.41, 5.74) is 1.83. The number of aromatic nitrogens is 1. The van der Waals surface area contributed by atoms with Crippen LogP contribution in [0.25, 0.3) is 0 Å². The normalized spacial score (nSPS) is 18.6. The zero-order valence-electron chi connectivity index (χ0n) is 19.2. The van der Waals surface area contributed by atoms with Gasteiger partial charge in [0.05, 0.1) is 41.5 Å². The lowest BCUT2D eigenvalue weighted by Gasteiger charge is -2.23. The second-order valence-corrected chi connectivity index (χ2v) is 8.85. The maximum atomic E-state index is 14.5. The molecule has 2 amide bonds. The van der Waals surface area contributed by atoms with Crippen LogP contribution in [-0.4, -0.2) is 62.3 Å². The molecule has 186 valence electrons. The first-order chi connectivity index (χ1) is 17.2. The van der Waals surface area contributed by atoms with E-state index >= 15 is 0 Å². The Labute approximate surface area is 205 Å². The third-order valence-corrected chi connectivity index (χ3v) is 6.36. The quantitative estimate of drug-likeness (QED) is 0.325. The average Bonchev–Trinajstić information content (AvgIpc) is 3.16. The summed E-state index contributed by atoms with van der Waals surface area (Å²) < 4.78 is 14.5. The van der Waals surface area contributed by atoms with Crippen molar-refractivity contribution in [3.8, 4) is 5.75 Å². The SMILES string of the molecule is Cc1cc(F)c(Nc2ccnc3c2C(=O)Nc2cc(C(=O)N4C[C@H](O)C[C@H]4CO)ccc2N3)cc1O. The van der Waals surface area contributed by atoms with Crippen LogP contribution < -0.4 is 16.0 Å². The second kappa shape index (κ2) is 9.10. The number of amides is 2. The third-order valence-electron chi connectivity index (χ3n) is 6.36. The van der Waals surface area contributed by atoms with Crippen LogP contribution in [0.4, 0.5) is 33.0 Å². The van der Waals surface area contributed by atoms with Crippen LogP contribution in [0.1, 0.15) is 32.7 Å². The Morgan fingerprint density at radius 3 is 2.78 bits per heavy atom. The number of pyridine rings is 1. The number of aryl methyl sites for hydroxylation is 1. The minimum atomic E-state index is -0.708. The largest absolute Gasteiger partial charge is 0.508 e. The first-order valence-corrected chi connectivity index (χ1v) is 11.3. The molecule has 2 aliphatic rings. The predicted octanol–water partition coefficient (Wildman–Crippen LogP) is 2.86. The topological polar surface area (TPSA) is 147 Å². The fourth-order valence-corrected chi connectivity index (χ4v) is 4.47. The highest BCUT2D eigenvalue weighted by Crippen LogP contribution is 2.37. The Kier molecular flexibility index (Phi) is 5.94. The fourth-order valence-electron chi connectivity index (χ4n) is 4.47. The molecule has 3 heterocycles. The van der Waals surface area contributed by atoms with Gasteiger partial charge in [0.25, 0.3) is 11.8 Å². The van der Waals surface area contributed by atoms with Crippen molar-refractivity contribution in [3.63, 3.8) is 0 Å². The van der Waals surface area contributed by atoms with Gasteiger partial charge in [-0.15, -0.1) is 0 Å². The molecule has 0 radical (unpaired) electrons. The van der Waals surface area contributed by atoms with E-state index in [0.29, 0.717) is 23.4 Å². The molecule has 10 nitrogen and oxygen atoms in total. The molecular formula is C25H24FN5O5. The Morgan fingerprint density at radius 2 is 2.00 bits per heavy atom. The van der Waals surface area contributed by atoms with Crippen LogP contribution in [0.5, 0.6) is 5.75 Å². The molecule has 2 aromatic carbocycles. The van der Waals surface area contributed by atoms with E-state index in [2.05, 4.69) is 20.9 Å². The highest BCUT2D eigenvalue weighted by Gasteiger charge is 2.34. The minimum absolute atomic E-state index is 0.0137. The number of likely N-dealkylation sites (tertiary alicyclic amines) is 1. The van der Waals surface area contributed by atoms with E-state index in [1.165, 1.54) is 35.4 Å². The first kappa shape index (κ1) is 23.5. The zero-order valence-corrected chi connectivity index (χ0v) is 19.2. The number of β-amino-alcohol motifs (C(OH)–C–C–N with tert-alkyl or cyclic N) is 1. The molecule has 3 aromatic rings. The van der Waals surface area contributed by atoms with Crippen molar-refractivity contribution in [2.24, 2.45) is 0 Å². The maximum Gasteiger partial charge on any atom is 0.261 e. The van der Waals surface area contributed by atoms with Gasteiger partial charge in [0.15, 0.2) is 0 Å². The van der Waals surface area contributed by atoms with E-state index in [-0.39, 0.29) is 53.1 Å². The molecular weight excluding hydrogens is 469 g/mol. The van der Waals surface area contributed by atoms with E-state index in [1.54, 1.807) is 19.1 Å². The van der Waals surface area contributed by atoms with Crippen LogP contribution in [-0.2, 0) is 0 Å². The molecule has 0 saturated carbocycles. The summed E-state index contributed by atoms with van der Waals surface area (Å²) in [7, 11) is 0. The van der Waals surface area contributed by atoms with Gasteiger partial charge in [-0.25, -0.2) is 9.37 Å². The summed E-state index contributed by atoms with van der Waals surface area (Å²) in [6, 6.07) is 8.16. The van der Waals surface area contributed by atoms with Gasteiger partial charge in [-0.3, -0.25) is 9.59 Å². The number of benzene rings is 2. The smallest absolute Gasteiger partial charge is 0.261 e. The van der Waals surface area contributed by atoms with Crippen LogP contribution in [0, 0.1) is 12.7 Å². The second-order valence-electron chi connectivity index (χ2n) is 8.85. The number of rotatable bonds is 4. The number of aromatic hydroxyl groups is 1. The van der Waals surface area contributed by atoms with Gasteiger partial charge in [0.1, 0.15) is 22.9 Å². The lowest BCUT2D eigenvalue weighted by atomic mass is 10.1. The summed E-state index contributed by atoms with van der Waals surface area (Å²) in [4.78, 5) is 32.0. The molecule has 2 atom stereocenters. The number of anilines is 5. The lowest BCUT2D eigenvalue weighted by Crippen LogP contribution is -2.38. The molecule has 0 aliphatic carbocycles. The van der Waals surface area contributed by atoms with Crippen LogP contribution >= 0.6 is 0 Å². The molecule has 0 bridgehead atoms. The monoisotopic (exact) mass is 493 g/mol. The molecule has 1 saturated heterocycles. The number of aliphatic hydroxyl groups is 2. The molecule has 1 aromatic heterocycles. The first-order valence-electron chi connectivity index (χ1n) is 11.3. The highest BCUT2D eigenvalue weighted by atomic mass is 19.1. The lowest BCUT2D eigenvalue weighted by molar-refractivity contribution is 0.0664. The summed E-state index contributed by atoms with van der Waals surface area (Å²) >= 11 is 0. The van der Waals surface area contributed by atoms with Gasteiger partial charge < -0.3 is 36.2 Å². The number of aliphatic hydroxyl groups excluding tert-OH is 2. The van der Waals surface area contributed by atoms with Crippen molar-refractivity contribution in [2.75, 3.05) is 29.1 Å². The van der Waals surface area contributed by atoms with Gasteiger partial charge in [-0.1, -0.05) is 0 Å². The Morgan fingerprint density at radius 1 is 1.19 bits per heavy atom. The summed E-state index contributed by atoms with van der Waals surface area (Å²) in [6.07, 6.45) is 1.03. The van der Waals surface area contributed by atoms with E-state index in [9.17, 15) is 29.3 Å².